The number of piperidine rings is 1. The first-order valence-electron chi connectivity index (χ1n) is 7.11. The minimum Gasteiger partial charge on any atom is -0.460 e. The van der Waals surface area contributed by atoms with E-state index in [1.54, 1.807) is 6.07 Å². The molecule has 3 heterocycles. The van der Waals surface area contributed by atoms with Crippen molar-refractivity contribution in [2.75, 3.05) is 19.3 Å². The average molecular weight is 305 g/mol. The fraction of sp³-hybridized carbons (Fsp3) is 0.467. The molecule has 0 atom stereocenters. The Balaban J connectivity index is 1.70. The van der Waals surface area contributed by atoms with Gasteiger partial charge in [0.05, 0.1) is 0 Å². The number of hydrogen-bond donors (Lipinski definition) is 1. The van der Waals surface area contributed by atoms with E-state index < -0.39 is 0 Å². The van der Waals surface area contributed by atoms with Crippen LogP contribution in [0.1, 0.15) is 29.1 Å². The Kier molecular flexibility index (Phi) is 4.05. The van der Waals surface area contributed by atoms with Crippen molar-refractivity contribution < 1.29 is 9.21 Å². The van der Waals surface area contributed by atoms with Crippen molar-refractivity contribution in [3.05, 3.63) is 29.7 Å². The second kappa shape index (κ2) is 5.97. The van der Waals surface area contributed by atoms with Gasteiger partial charge in [0.2, 0.25) is 0 Å². The van der Waals surface area contributed by atoms with Crippen LogP contribution in [0.4, 0.5) is 0 Å². The molecule has 3 rings (SSSR count). The van der Waals surface area contributed by atoms with Gasteiger partial charge in [-0.15, -0.1) is 0 Å². The number of amides is 1. The first-order valence-corrected chi connectivity index (χ1v) is 8.40. The van der Waals surface area contributed by atoms with Gasteiger partial charge in [0, 0.05) is 24.4 Å². The van der Waals surface area contributed by atoms with Gasteiger partial charge in [-0.25, -0.2) is 0 Å². The molecule has 0 bridgehead atoms. The predicted octanol–water partition coefficient (Wildman–Crippen LogP) is 2.95. The highest BCUT2D eigenvalue weighted by Crippen LogP contribution is 2.24. The molecule has 6 heteroatoms. The SMILES string of the molecule is CSC1CCN(C(=O)c2cc(-c3ccc(C)o3)[nH]n2)CC1. The molecular weight excluding hydrogens is 286 g/mol. The van der Waals surface area contributed by atoms with E-state index >= 15 is 0 Å². The Morgan fingerprint density at radius 2 is 2.19 bits per heavy atom. The van der Waals surface area contributed by atoms with Crippen molar-refractivity contribution in [1.82, 2.24) is 15.1 Å². The second-order valence-corrected chi connectivity index (χ2v) is 6.44. The minimum absolute atomic E-state index is 0.000307. The summed E-state index contributed by atoms with van der Waals surface area (Å²) < 4.78 is 5.54. The van der Waals surface area contributed by atoms with Crippen LogP contribution in [-0.4, -0.2) is 45.6 Å². The highest BCUT2D eigenvalue weighted by atomic mass is 32.2. The number of nitrogens with one attached hydrogen (secondary N) is 1. The molecule has 1 N–H and O–H groups in total. The Bertz CT molecular complexity index is 626. The number of furan rings is 1. The summed E-state index contributed by atoms with van der Waals surface area (Å²) in [6.07, 6.45) is 4.25. The van der Waals surface area contributed by atoms with Gasteiger partial charge in [0.15, 0.2) is 11.5 Å². The fourth-order valence-electron chi connectivity index (χ4n) is 2.59. The molecule has 112 valence electrons. The number of nitrogens with zero attached hydrogens (tertiary/aromatic N) is 2. The highest BCUT2D eigenvalue weighted by molar-refractivity contribution is 7.99. The van der Waals surface area contributed by atoms with Crippen molar-refractivity contribution in [1.29, 1.82) is 0 Å². The van der Waals surface area contributed by atoms with E-state index in [1.807, 2.05) is 35.7 Å². The number of thioether (sulfide) groups is 1. The van der Waals surface area contributed by atoms with Gasteiger partial charge in [-0.3, -0.25) is 9.89 Å². The number of carbonyl (C=O) groups excluding carboxylic acids is 1. The van der Waals surface area contributed by atoms with E-state index in [0.717, 1.165) is 37.4 Å². The van der Waals surface area contributed by atoms with Gasteiger partial charge in [-0.1, -0.05) is 0 Å². The molecule has 0 aliphatic carbocycles. The third-order valence-electron chi connectivity index (χ3n) is 3.87. The lowest BCUT2D eigenvalue weighted by Crippen LogP contribution is -2.39. The van der Waals surface area contributed by atoms with Gasteiger partial charge >= 0.3 is 0 Å². The van der Waals surface area contributed by atoms with Crippen molar-refractivity contribution in [2.45, 2.75) is 25.0 Å². The van der Waals surface area contributed by atoms with Crippen molar-refractivity contribution in [3.63, 3.8) is 0 Å². The van der Waals surface area contributed by atoms with Crippen molar-refractivity contribution >= 4 is 17.7 Å². The number of aryl methyl sites for hydroxylation is 1. The Morgan fingerprint density at radius 3 is 2.81 bits per heavy atom. The second-order valence-electron chi connectivity index (χ2n) is 5.30. The fourth-order valence-corrected chi connectivity index (χ4v) is 3.28. The third-order valence-corrected chi connectivity index (χ3v) is 5.00. The van der Waals surface area contributed by atoms with E-state index in [9.17, 15) is 4.79 Å². The van der Waals surface area contributed by atoms with E-state index in [4.69, 9.17) is 4.42 Å². The van der Waals surface area contributed by atoms with Crippen LogP contribution in [-0.2, 0) is 0 Å². The van der Waals surface area contributed by atoms with E-state index in [0.29, 0.717) is 16.7 Å². The van der Waals surface area contributed by atoms with Gasteiger partial charge < -0.3 is 9.32 Å². The number of aromatic amines is 1. The van der Waals surface area contributed by atoms with Crippen molar-refractivity contribution in [3.8, 4) is 11.5 Å². The summed E-state index contributed by atoms with van der Waals surface area (Å²) in [5.74, 6) is 1.55. The van der Waals surface area contributed by atoms with E-state index in [1.165, 1.54) is 0 Å². The topological polar surface area (TPSA) is 62.1 Å². The van der Waals surface area contributed by atoms with Gasteiger partial charge in [-0.2, -0.15) is 16.9 Å². The van der Waals surface area contributed by atoms with E-state index in [2.05, 4.69) is 16.5 Å². The summed E-state index contributed by atoms with van der Waals surface area (Å²) in [5.41, 5.74) is 1.20. The molecule has 0 radical (unpaired) electrons. The predicted molar refractivity (Wildman–Crippen MR) is 83.5 cm³/mol. The lowest BCUT2D eigenvalue weighted by molar-refractivity contribution is 0.0721. The summed E-state index contributed by atoms with van der Waals surface area (Å²) in [4.78, 5) is 14.3. The smallest absolute Gasteiger partial charge is 0.274 e. The molecule has 1 aliphatic heterocycles. The number of likely N-dealkylation sites (tertiary alicyclic amines) is 1. The molecular formula is C15H19N3O2S. The Labute approximate surface area is 128 Å². The molecule has 1 saturated heterocycles. The summed E-state index contributed by atoms with van der Waals surface area (Å²) in [7, 11) is 0. The van der Waals surface area contributed by atoms with Crippen LogP contribution >= 0.6 is 11.8 Å². The average Bonchev–Trinajstić information content (AvgIpc) is 3.15. The van der Waals surface area contributed by atoms with Crippen LogP contribution in [0.2, 0.25) is 0 Å². The summed E-state index contributed by atoms with van der Waals surface area (Å²) in [6, 6.07) is 5.53. The Hall–Kier alpha value is -1.69. The molecule has 1 fully saturated rings. The number of aromatic nitrogens is 2. The lowest BCUT2D eigenvalue weighted by Gasteiger charge is -2.30. The van der Waals surface area contributed by atoms with E-state index in [-0.39, 0.29) is 5.91 Å². The van der Waals surface area contributed by atoms with Gasteiger partial charge in [0.1, 0.15) is 11.5 Å². The van der Waals surface area contributed by atoms with Crippen LogP contribution in [0.5, 0.6) is 0 Å². The first kappa shape index (κ1) is 14.3. The van der Waals surface area contributed by atoms with Crippen LogP contribution in [0.15, 0.2) is 22.6 Å². The normalized spacial score (nSPS) is 16.4. The van der Waals surface area contributed by atoms with Crippen LogP contribution in [0, 0.1) is 6.92 Å². The zero-order chi connectivity index (χ0) is 14.8. The number of H-pyrrole nitrogens is 1. The Morgan fingerprint density at radius 1 is 1.43 bits per heavy atom. The van der Waals surface area contributed by atoms with Crippen LogP contribution in [0.3, 0.4) is 0 Å². The summed E-state index contributed by atoms with van der Waals surface area (Å²) in [5, 5.41) is 7.69. The monoisotopic (exact) mass is 305 g/mol. The molecule has 0 unspecified atom stereocenters. The zero-order valence-electron chi connectivity index (χ0n) is 12.3. The van der Waals surface area contributed by atoms with Gasteiger partial charge in [-0.05, 0) is 38.2 Å². The third kappa shape index (κ3) is 3.00. The summed E-state index contributed by atoms with van der Waals surface area (Å²) >= 11 is 1.89. The van der Waals surface area contributed by atoms with Crippen molar-refractivity contribution in [2.24, 2.45) is 0 Å². The number of rotatable bonds is 3. The minimum atomic E-state index is 0.000307. The molecule has 21 heavy (non-hydrogen) atoms. The summed E-state index contributed by atoms with van der Waals surface area (Å²) in [6.45, 7) is 3.51. The molecule has 1 aliphatic rings. The molecule has 2 aromatic rings. The maximum Gasteiger partial charge on any atom is 0.274 e. The highest BCUT2D eigenvalue weighted by Gasteiger charge is 2.25. The quantitative estimate of drug-likeness (QED) is 0.947. The van der Waals surface area contributed by atoms with Crippen LogP contribution < -0.4 is 0 Å². The standard InChI is InChI=1S/C15H19N3O2S/c1-10-3-4-14(20-10)12-9-13(17-16-12)15(19)18-7-5-11(21-2)6-8-18/h3-4,9,11H,5-8H2,1-2H3,(H,16,17). The largest absolute Gasteiger partial charge is 0.460 e. The zero-order valence-corrected chi connectivity index (χ0v) is 13.1. The maximum absolute atomic E-state index is 12.5. The molecule has 1 amide bonds. The molecule has 0 aromatic carbocycles. The van der Waals surface area contributed by atoms with Gasteiger partial charge in [0.25, 0.3) is 5.91 Å². The molecule has 0 saturated carbocycles. The number of carbonyl (C=O) groups is 1. The first-order chi connectivity index (χ1) is 10.2. The number of hydrogen-bond acceptors (Lipinski definition) is 4. The molecule has 2 aromatic heterocycles. The maximum atomic E-state index is 12.5. The van der Waals surface area contributed by atoms with Crippen LogP contribution in [0.25, 0.3) is 11.5 Å². The molecule has 5 nitrogen and oxygen atoms in total. The lowest BCUT2D eigenvalue weighted by atomic mass is 10.1. The molecule has 0 spiro atoms.